The van der Waals surface area contributed by atoms with Crippen molar-refractivity contribution in [2.24, 2.45) is 5.16 Å². The van der Waals surface area contributed by atoms with E-state index in [9.17, 15) is 0 Å². The summed E-state index contributed by atoms with van der Waals surface area (Å²) in [5.74, 6) is 0.746. The van der Waals surface area contributed by atoms with Gasteiger partial charge in [-0.25, -0.2) is 0 Å². The number of hydrogen-bond acceptors (Lipinski definition) is 3. The molecule has 0 heterocycles. The van der Waals surface area contributed by atoms with Gasteiger partial charge in [-0.05, 0) is 25.5 Å². The molecule has 3 nitrogen and oxygen atoms in total. The highest BCUT2D eigenvalue weighted by molar-refractivity contribution is 6.02. The third-order valence-electron chi connectivity index (χ3n) is 2.22. The second kappa shape index (κ2) is 6.67. The molecule has 1 aromatic carbocycles. The maximum Gasteiger partial charge on any atom is 0.128 e. The molecule has 0 aromatic heterocycles. The number of allylic oxidation sites excluding steroid dienone is 1. The molecule has 0 saturated heterocycles. The Labute approximate surface area is 96.1 Å². The third-order valence-corrected chi connectivity index (χ3v) is 2.22. The molecule has 1 N–H and O–H groups in total. The van der Waals surface area contributed by atoms with Gasteiger partial charge in [-0.3, -0.25) is 0 Å². The zero-order chi connectivity index (χ0) is 11.8. The van der Waals surface area contributed by atoms with Crippen LogP contribution in [0.2, 0.25) is 0 Å². The van der Waals surface area contributed by atoms with Crippen molar-refractivity contribution < 1.29 is 9.94 Å². The second-order valence-electron chi connectivity index (χ2n) is 3.28. The minimum absolute atomic E-state index is 0.524. The molecule has 0 saturated carbocycles. The predicted molar refractivity (Wildman–Crippen MR) is 65.4 cm³/mol. The quantitative estimate of drug-likeness (QED) is 0.357. The average Bonchev–Trinajstić information content (AvgIpc) is 2.33. The molecule has 1 rings (SSSR count). The first-order chi connectivity index (χ1) is 7.83. The zero-order valence-electron chi connectivity index (χ0n) is 9.68. The van der Waals surface area contributed by atoms with E-state index < -0.39 is 0 Å². The van der Waals surface area contributed by atoms with Gasteiger partial charge in [0.25, 0.3) is 0 Å². The van der Waals surface area contributed by atoms with Gasteiger partial charge in [0, 0.05) is 5.56 Å². The molecule has 0 spiro atoms. The van der Waals surface area contributed by atoms with Crippen molar-refractivity contribution in [2.75, 3.05) is 6.61 Å². The van der Waals surface area contributed by atoms with Gasteiger partial charge in [-0.2, -0.15) is 0 Å². The van der Waals surface area contributed by atoms with E-state index in [2.05, 4.69) is 5.16 Å². The van der Waals surface area contributed by atoms with Crippen LogP contribution < -0.4 is 4.74 Å². The van der Waals surface area contributed by atoms with Crippen molar-refractivity contribution in [1.29, 1.82) is 0 Å². The summed E-state index contributed by atoms with van der Waals surface area (Å²) >= 11 is 0. The summed E-state index contributed by atoms with van der Waals surface area (Å²) in [5, 5.41) is 12.2. The minimum atomic E-state index is 0.524. The lowest BCUT2D eigenvalue weighted by Crippen LogP contribution is -2.04. The Morgan fingerprint density at radius 1 is 1.44 bits per heavy atom. The third kappa shape index (κ3) is 3.12. The summed E-state index contributed by atoms with van der Waals surface area (Å²) in [4.78, 5) is 0. The van der Waals surface area contributed by atoms with Gasteiger partial charge in [0.2, 0.25) is 0 Å². The summed E-state index contributed by atoms with van der Waals surface area (Å²) in [6.45, 7) is 4.41. The summed E-state index contributed by atoms with van der Waals surface area (Å²) in [7, 11) is 0. The van der Waals surface area contributed by atoms with Crippen LogP contribution in [0.1, 0.15) is 25.8 Å². The first-order valence-corrected chi connectivity index (χ1v) is 5.37. The Balaban J connectivity index is 2.91. The van der Waals surface area contributed by atoms with Crippen LogP contribution in [0.5, 0.6) is 5.75 Å². The Morgan fingerprint density at radius 3 is 2.81 bits per heavy atom. The molecular weight excluding hydrogens is 202 g/mol. The van der Waals surface area contributed by atoms with Crippen LogP contribution in [0.4, 0.5) is 0 Å². The number of nitrogens with zero attached hydrogens (tertiary/aromatic N) is 1. The first kappa shape index (κ1) is 12.3. The highest BCUT2D eigenvalue weighted by Crippen LogP contribution is 2.20. The number of oxime groups is 1. The summed E-state index contributed by atoms with van der Waals surface area (Å²) in [5.41, 5.74) is 1.48. The fraction of sp³-hybridized carbons (Fsp3) is 0.308. The number of ether oxygens (including phenoxy) is 1. The van der Waals surface area contributed by atoms with Crippen LogP contribution >= 0.6 is 0 Å². The molecule has 0 atom stereocenters. The van der Waals surface area contributed by atoms with Gasteiger partial charge in [0.1, 0.15) is 12.4 Å². The molecule has 3 heteroatoms. The van der Waals surface area contributed by atoms with Gasteiger partial charge in [0.05, 0.1) is 5.71 Å². The molecule has 0 aliphatic rings. The van der Waals surface area contributed by atoms with Crippen LogP contribution in [0.15, 0.2) is 41.6 Å². The van der Waals surface area contributed by atoms with E-state index in [1.54, 1.807) is 0 Å². The maximum atomic E-state index is 8.89. The van der Waals surface area contributed by atoms with Crippen LogP contribution in [-0.4, -0.2) is 17.5 Å². The number of benzene rings is 1. The van der Waals surface area contributed by atoms with Crippen molar-refractivity contribution in [1.82, 2.24) is 0 Å². The van der Waals surface area contributed by atoms with Crippen molar-refractivity contribution in [3.8, 4) is 5.75 Å². The van der Waals surface area contributed by atoms with Crippen molar-refractivity contribution in [3.63, 3.8) is 0 Å². The van der Waals surface area contributed by atoms with Crippen LogP contribution in [-0.2, 0) is 0 Å². The minimum Gasteiger partial charge on any atom is -0.489 e. The van der Waals surface area contributed by atoms with Crippen molar-refractivity contribution >= 4 is 5.71 Å². The Morgan fingerprint density at radius 2 is 2.19 bits per heavy atom. The SMILES string of the molecule is C/C=C/COc1ccccc1/C(CC)=N/O. The van der Waals surface area contributed by atoms with Crippen molar-refractivity contribution in [3.05, 3.63) is 42.0 Å². The second-order valence-corrected chi connectivity index (χ2v) is 3.28. The highest BCUT2D eigenvalue weighted by atomic mass is 16.5. The van der Waals surface area contributed by atoms with Crippen LogP contribution in [0, 0.1) is 0 Å². The molecule has 0 bridgehead atoms. The first-order valence-electron chi connectivity index (χ1n) is 5.37. The van der Waals surface area contributed by atoms with Gasteiger partial charge in [-0.1, -0.05) is 36.4 Å². The normalized spacial score (nSPS) is 12.0. The number of para-hydroxylation sites is 1. The van der Waals surface area contributed by atoms with E-state index in [1.165, 1.54) is 0 Å². The van der Waals surface area contributed by atoms with E-state index in [4.69, 9.17) is 9.94 Å². The molecule has 0 radical (unpaired) electrons. The molecule has 0 fully saturated rings. The molecule has 86 valence electrons. The zero-order valence-corrected chi connectivity index (χ0v) is 9.68. The molecule has 0 aliphatic heterocycles. The smallest absolute Gasteiger partial charge is 0.128 e. The topological polar surface area (TPSA) is 41.8 Å². The lowest BCUT2D eigenvalue weighted by molar-refractivity contribution is 0.317. The summed E-state index contributed by atoms with van der Waals surface area (Å²) in [6, 6.07) is 7.57. The van der Waals surface area contributed by atoms with Crippen molar-refractivity contribution in [2.45, 2.75) is 20.3 Å². The van der Waals surface area contributed by atoms with Gasteiger partial charge in [0.15, 0.2) is 0 Å². The molecule has 0 amide bonds. The predicted octanol–water partition coefficient (Wildman–Crippen LogP) is 3.23. The van der Waals surface area contributed by atoms with Gasteiger partial charge < -0.3 is 9.94 Å². The highest BCUT2D eigenvalue weighted by Gasteiger charge is 2.08. The number of hydrogen-bond donors (Lipinski definition) is 1. The van der Waals surface area contributed by atoms with E-state index in [0.29, 0.717) is 18.7 Å². The lowest BCUT2D eigenvalue weighted by atomic mass is 10.1. The van der Waals surface area contributed by atoms with E-state index in [1.807, 2.05) is 50.3 Å². The summed E-state index contributed by atoms with van der Waals surface area (Å²) in [6.07, 6.45) is 4.53. The largest absolute Gasteiger partial charge is 0.489 e. The van der Waals surface area contributed by atoms with Crippen LogP contribution in [0.3, 0.4) is 0 Å². The molecule has 0 unspecified atom stereocenters. The lowest BCUT2D eigenvalue weighted by Gasteiger charge is -2.09. The standard InChI is InChI=1S/C13H17NO2/c1-3-5-10-16-13-9-7-6-8-11(13)12(4-2)14-15/h3,5-9,15H,4,10H2,1-2H3/b5-3+,14-12+. The van der Waals surface area contributed by atoms with E-state index in [0.717, 1.165) is 11.3 Å². The Kier molecular flexibility index (Phi) is 5.12. The molecular formula is C13H17NO2. The molecule has 1 aromatic rings. The van der Waals surface area contributed by atoms with Crippen LogP contribution in [0.25, 0.3) is 0 Å². The van der Waals surface area contributed by atoms with E-state index >= 15 is 0 Å². The fourth-order valence-electron chi connectivity index (χ4n) is 1.38. The van der Waals surface area contributed by atoms with Gasteiger partial charge >= 0.3 is 0 Å². The number of rotatable bonds is 5. The average molecular weight is 219 g/mol. The Hall–Kier alpha value is -1.77. The molecule has 0 aliphatic carbocycles. The fourth-order valence-corrected chi connectivity index (χ4v) is 1.38. The van der Waals surface area contributed by atoms with E-state index in [-0.39, 0.29) is 0 Å². The molecule has 16 heavy (non-hydrogen) atoms. The Bertz CT molecular complexity index is 383. The van der Waals surface area contributed by atoms with Gasteiger partial charge in [-0.15, -0.1) is 0 Å². The summed E-state index contributed by atoms with van der Waals surface area (Å²) < 4.78 is 5.58. The maximum absolute atomic E-state index is 8.89. The monoisotopic (exact) mass is 219 g/mol.